The first-order valence-electron chi connectivity index (χ1n) is 7.45. The molecule has 0 aliphatic rings. The normalized spacial score (nSPS) is 12.2. The van der Waals surface area contributed by atoms with Crippen molar-refractivity contribution in [2.24, 2.45) is 5.92 Å². The Hall–Kier alpha value is -2.21. The molecule has 1 atom stereocenters. The summed E-state index contributed by atoms with van der Waals surface area (Å²) in [5.74, 6) is -1.22. The van der Waals surface area contributed by atoms with Gasteiger partial charge in [-0.25, -0.2) is 9.78 Å². The topological polar surface area (TPSA) is 79.3 Å². The second kappa shape index (κ2) is 7.37. The van der Waals surface area contributed by atoms with Crippen molar-refractivity contribution in [3.05, 3.63) is 40.9 Å². The van der Waals surface area contributed by atoms with Gasteiger partial charge in [0.25, 0.3) is 5.91 Å². The maximum Gasteiger partial charge on any atom is 0.326 e. The van der Waals surface area contributed by atoms with Crippen LogP contribution in [0.2, 0.25) is 0 Å². The third kappa shape index (κ3) is 4.39. The first-order chi connectivity index (χ1) is 10.9. The van der Waals surface area contributed by atoms with E-state index in [1.807, 2.05) is 44.2 Å². The SMILES string of the molecule is Cc1nc(-c2ccccc2)sc1C(=O)N[C@@H](CC(C)C)C(=O)O. The number of rotatable bonds is 6. The molecular formula is C17H20N2O3S. The standard InChI is InChI=1S/C17H20N2O3S/c1-10(2)9-13(17(21)22)19-15(20)14-11(3)18-16(23-14)12-7-5-4-6-8-12/h4-8,10,13H,9H2,1-3H3,(H,19,20)(H,21,22)/t13-/m0/s1. The quantitative estimate of drug-likeness (QED) is 0.850. The Kier molecular flexibility index (Phi) is 5.50. The van der Waals surface area contributed by atoms with Crippen LogP contribution in [-0.4, -0.2) is 28.0 Å². The lowest BCUT2D eigenvalue weighted by Gasteiger charge is -2.15. The molecule has 2 rings (SSSR count). The van der Waals surface area contributed by atoms with Crippen LogP contribution < -0.4 is 5.32 Å². The Morgan fingerprint density at radius 1 is 1.26 bits per heavy atom. The molecule has 0 fully saturated rings. The number of aryl methyl sites for hydroxylation is 1. The van der Waals surface area contributed by atoms with Crippen LogP contribution >= 0.6 is 11.3 Å². The van der Waals surface area contributed by atoms with E-state index < -0.39 is 12.0 Å². The van der Waals surface area contributed by atoms with Gasteiger partial charge in [-0.05, 0) is 19.3 Å². The van der Waals surface area contributed by atoms with Gasteiger partial charge in [-0.2, -0.15) is 0 Å². The molecule has 0 aliphatic heterocycles. The average molecular weight is 332 g/mol. The summed E-state index contributed by atoms with van der Waals surface area (Å²) in [5, 5.41) is 12.6. The summed E-state index contributed by atoms with van der Waals surface area (Å²) in [6.45, 7) is 5.61. The molecule has 2 aromatic rings. The maximum atomic E-state index is 12.4. The van der Waals surface area contributed by atoms with Crippen LogP contribution in [-0.2, 0) is 4.79 Å². The monoisotopic (exact) mass is 332 g/mol. The van der Waals surface area contributed by atoms with Crippen LogP contribution in [0.15, 0.2) is 30.3 Å². The van der Waals surface area contributed by atoms with Crippen LogP contribution in [0.3, 0.4) is 0 Å². The minimum absolute atomic E-state index is 0.179. The number of nitrogens with one attached hydrogen (secondary N) is 1. The van der Waals surface area contributed by atoms with Crippen LogP contribution in [0, 0.1) is 12.8 Å². The molecule has 6 heteroatoms. The summed E-state index contributed by atoms with van der Waals surface area (Å²) in [5.41, 5.74) is 1.55. The zero-order chi connectivity index (χ0) is 17.0. The first kappa shape index (κ1) is 17.1. The van der Waals surface area contributed by atoms with Crippen LogP contribution in [0.4, 0.5) is 0 Å². The fraction of sp³-hybridized carbons (Fsp3) is 0.353. The van der Waals surface area contributed by atoms with Crippen LogP contribution in [0.25, 0.3) is 10.6 Å². The highest BCUT2D eigenvalue weighted by molar-refractivity contribution is 7.17. The lowest BCUT2D eigenvalue weighted by atomic mass is 10.0. The van der Waals surface area contributed by atoms with Gasteiger partial charge >= 0.3 is 5.97 Å². The van der Waals surface area contributed by atoms with E-state index in [9.17, 15) is 14.7 Å². The number of nitrogens with zero attached hydrogens (tertiary/aromatic N) is 1. The van der Waals surface area contributed by atoms with E-state index >= 15 is 0 Å². The van der Waals surface area contributed by atoms with Gasteiger partial charge in [-0.15, -0.1) is 11.3 Å². The molecule has 1 aromatic heterocycles. The molecule has 0 unspecified atom stereocenters. The summed E-state index contributed by atoms with van der Waals surface area (Å²) in [6.07, 6.45) is 0.393. The third-order valence-electron chi connectivity index (χ3n) is 3.33. The van der Waals surface area contributed by atoms with Crippen molar-refractivity contribution in [3.8, 4) is 10.6 Å². The van der Waals surface area contributed by atoms with Gasteiger partial charge in [-0.1, -0.05) is 44.2 Å². The highest BCUT2D eigenvalue weighted by Crippen LogP contribution is 2.27. The summed E-state index contributed by atoms with van der Waals surface area (Å²) in [7, 11) is 0. The number of aromatic nitrogens is 1. The Morgan fingerprint density at radius 2 is 1.91 bits per heavy atom. The van der Waals surface area contributed by atoms with Crippen molar-refractivity contribution >= 4 is 23.2 Å². The van der Waals surface area contributed by atoms with E-state index in [1.165, 1.54) is 11.3 Å². The minimum Gasteiger partial charge on any atom is -0.480 e. The number of aliphatic carboxylic acids is 1. The molecule has 0 bridgehead atoms. The predicted octanol–water partition coefficient (Wildman–Crippen LogP) is 3.35. The van der Waals surface area contributed by atoms with Gasteiger partial charge < -0.3 is 10.4 Å². The second-order valence-electron chi connectivity index (χ2n) is 5.79. The number of hydrogen-bond acceptors (Lipinski definition) is 4. The molecule has 1 aromatic carbocycles. The number of carboxylic acids is 1. The summed E-state index contributed by atoms with van der Waals surface area (Å²) in [4.78, 5) is 28.6. The number of benzene rings is 1. The molecule has 0 aliphatic carbocycles. The Morgan fingerprint density at radius 3 is 2.48 bits per heavy atom. The van der Waals surface area contributed by atoms with E-state index in [4.69, 9.17) is 0 Å². The largest absolute Gasteiger partial charge is 0.480 e. The summed E-state index contributed by atoms with van der Waals surface area (Å²) in [6, 6.07) is 8.71. The lowest BCUT2D eigenvalue weighted by molar-refractivity contribution is -0.139. The number of carboxylic acid groups (broad SMARTS) is 1. The molecule has 23 heavy (non-hydrogen) atoms. The molecular weight excluding hydrogens is 312 g/mol. The van der Waals surface area contributed by atoms with Crippen LogP contribution in [0.5, 0.6) is 0 Å². The summed E-state index contributed by atoms with van der Waals surface area (Å²) >= 11 is 1.28. The number of amides is 1. The molecule has 5 nitrogen and oxygen atoms in total. The van der Waals surface area contributed by atoms with Crippen molar-refractivity contribution in [1.29, 1.82) is 0 Å². The van der Waals surface area contributed by atoms with Crippen molar-refractivity contribution in [1.82, 2.24) is 10.3 Å². The Bertz CT molecular complexity index is 695. The number of carbonyl (C=O) groups is 2. The van der Waals surface area contributed by atoms with Gasteiger partial charge in [0.1, 0.15) is 15.9 Å². The van der Waals surface area contributed by atoms with Gasteiger partial charge in [0.2, 0.25) is 0 Å². The average Bonchev–Trinajstić information content (AvgIpc) is 2.89. The van der Waals surface area contributed by atoms with Crippen molar-refractivity contribution in [3.63, 3.8) is 0 Å². The number of hydrogen-bond donors (Lipinski definition) is 2. The lowest BCUT2D eigenvalue weighted by Crippen LogP contribution is -2.41. The fourth-order valence-electron chi connectivity index (χ4n) is 2.23. The molecule has 1 amide bonds. The molecule has 0 spiro atoms. The molecule has 1 heterocycles. The fourth-order valence-corrected chi connectivity index (χ4v) is 3.20. The van der Waals surface area contributed by atoms with Crippen molar-refractivity contribution < 1.29 is 14.7 Å². The van der Waals surface area contributed by atoms with E-state index in [0.717, 1.165) is 10.6 Å². The zero-order valence-corrected chi connectivity index (χ0v) is 14.2. The van der Waals surface area contributed by atoms with Gasteiger partial charge in [0.05, 0.1) is 5.69 Å². The molecule has 2 N–H and O–H groups in total. The maximum absolute atomic E-state index is 12.4. The molecule has 0 saturated heterocycles. The minimum atomic E-state index is -1.02. The van der Waals surface area contributed by atoms with E-state index in [-0.39, 0.29) is 11.8 Å². The van der Waals surface area contributed by atoms with E-state index in [2.05, 4.69) is 10.3 Å². The highest BCUT2D eigenvalue weighted by Gasteiger charge is 2.24. The van der Waals surface area contributed by atoms with Crippen molar-refractivity contribution in [2.45, 2.75) is 33.2 Å². The van der Waals surface area contributed by atoms with Gasteiger partial charge in [-0.3, -0.25) is 4.79 Å². The second-order valence-corrected chi connectivity index (χ2v) is 6.79. The number of carbonyl (C=O) groups excluding carboxylic acids is 1. The highest BCUT2D eigenvalue weighted by atomic mass is 32.1. The van der Waals surface area contributed by atoms with Crippen LogP contribution in [0.1, 0.15) is 35.6 Å². The number of thiazole rings is 1. The third-order valence-corrected chi connectivity index (χ3v) is 4.54. The van der Waals surface area contributed by atoms with Gasteiger partial charge in [0.15, 0.2) is 0 Å². The summed E-state index contributed by atoms with van der Waals surface area (Å²) < 4.78 is 0. The molecule has 0 saturated carbocycles. The Balaban J connectivity index is 2.19. The zero-order valence-electron chi connectivity index (χ0n) is 13.4. The predicted molar refractivity (Wildman–Crippen MR) is 90.6 cm³/mol. The first-order valence-corrected chi connectivity index (χ1v) is 8.26. The molecule has 0 radical (unpaired) electrons. The Labute approximate surface area is 139 Å². The smallest absolute Gasteiger partial charge is 0.326 e. The van der Waals surface area contributed by atoms with Gasteiger partial charge in [0, 0.05) is 5.56 Å². The van der Waals surface area contributed by atoms with E-state index in [0.29, 0.717) is 17.0 Å². The molecule has 122 valence electrons. The van der Waals surface area contributed by atoms with Crippen molar-refractivity contribution in [2.75, 3.05) is 0 Å². The van der Waals surface area contributed by atoms with E-state index in [1.54, 1.807) is 6.92 Å².